The van der Waals surface area contributed by atoms with Gasteiger partial charge in [-0.25, -0.2) is 9.97 Å². The summed E-state index contributed by atoms with van der Waals surface area (Å²) >= 11 is 0. The van der Waals surface area contributed by atoms with Gasteiger partial charge in [-0.2, -0.15) is 0 Å². The first kappa shape index (κ1) is 11.4. The van der Waals surface area contributed by atoms with Gasteiger partial charge in [0.25, 0.3) is 0 Å². The van der Waals surface area contributed by atoms with Crippen LogP contribution in [0.2, 0.25) is 0 Å². The van der Waals surface area contributed by atoms with E-state index in [4.69, 9.17) is 5.73 Å². The summed E-state index contributed by atoms with van der Waals surface area (Å²) in [4.78, 5) is 22.1. The molecule has 0 atom stereocenters. The maximum absolute atomic E-state index is 11.4. The Morgan fingerprint density at radius 3 is 2.89 bits per heavy atom. The van der Waals surface area contributed by atoms with E-state index in [0.717, 1.165) is 43.9 Å². The van der Waals surface area contributed by atoms with Crippen LogP contribution in [0.25, 0.3) is 0 Å². The molecule has 0 bridgehead atoms. The summed E-state index contributed by atoms with van der Waals surface area (Å²) in [6.07, 6.45) is 4.10. The van der Waals surface area contributed by atoms with Crippen LogP contribution in [0.5, 0.6) is 0 Å². The molecule has 0 aliphatic carbocycles. The zero-order chi connectivity index (χ0) is 12.5. The lowest BCUT2D eigenvalue weighted by atomic mass is 9.97. The van der Waals surface area contributed by atoms with Crippen LogP contribution in [-0.4, -0.2) is 35.5 Å². The van der Waals surface area contributed by atoms with E-state index in [1.54, 1.807) is 0 Å². The van der Waals surface area contributed by atoms with E-state index in [2.05, 4.69) is 20.2 Å². The van der Waals surface area contributed by atoms with Gasteiger partial charge in [-0.1, -0.05) is 0 Å². The van der Waals surface area contributed by atoms with Gasteiger partial charge in [0.15, 0.2) is 0 Å². The quantitative estimate of drug-likeness (QED) is 0.777. The largest absolute Gasteiger partial charge is 0.356 e. The normalized spacial score (nSPS) is 19.8. The second-order valence-corrected chi connectivity index (χ2v) is 4.92. The summed E-state index contributed by atoms with van der Waals surface area (Å²) < 4.78 is 0. The number of nitrogens with one attached hydrogen (secondary N) is 1. The van der Waals surface area contributed by atoms with Crippen molar-refractivity contribution in [3.8, 4) is 0 Å². The van der Waals surface area contributed by atoms with E-state index in [1.165, 1.54) is 6.33 Å². The van der Waals surface area contributed by atoms with Crippen molar-refractivity contribution in [2.45, 2.75) is 19.3 Å². The summed E-state index contributed by atoms with van der Waals surface area (Å²) in [7, 11) is 0. The first-order valence-corrected chi connectivity index (χ1v) is 6.36. The van der Waals surface area contributed by atoms with Crippen molar-refractivity contribution in [3.05, 3.63) is 11.9 Å². The molecule has 0 unspecified atom stereocenters. The predicted octanol–water partition coefficient (Wildman–Crippen LogP) is 0.146. The monoisotopic (exact) mass is 247 g/mol. The molecule has 0 radical (unpaired) electrons. The van der Waals surface area contributed by atoms with Crippen LogP contribution in [0.15, 0.2) is 6.33 Å². The van der Waals surface area contributed by atoms with Crippen molar-refractivity contribution in [1.29, 1.82) is 0 Å². The Labute approximate surface area is 106 Å². The van der Waals surface area contributed by atoms with E-state index in [1.807, 2.05) is 0 Å². The van der Waals surface area contributed by atoms with Crippen molar-refractivity contribution in [2.75, 3.05) is 29.9 Å². The average molecular weight is 247 g/mol. The van der Waals surface area contributed by atoms with Gasteiger partial charge in [0, 0.05) is 18.7 Å². The third-order valence-electron chi connectivity index (χ3n) is 3.77. The highest BCUT2D eigenvalue weighted by atomic mass is 16.1. The smallest absolute Gasteiger partial charge is 0.230 e. The minimum atomic E-state index is 0.00333. The number of aromatic nitrogens is 2. The molecule has 3 rings (SSSR count). The van der Waals surface area contributed by atoms with Gasteiger partial charge in [0.2, 0.25) is 5.91 Å². The lowest BCUT2D eigenvalue weighted by Crippen LogP contribution is -2.37. The molecular formula is C12H17N5O. The summed E-state index contributed by atoms with van der Waals surface area (Å²) in [5.41, 5.74) is 6.64. The van der Waals surface area contributed by atoms with Crippen LogP contribution in [0.1, 0.15) is 18.4 Å². The first-order valence-electron chi connectivity index (χ1n) is 6.36. The second-order valence-electron chi connectivity index (χ2n) is 4.92. The fraction of sp³-hybridized carbons (Fsp3) is 0.583. The van der Waals surface area contributed by atoms with E-state index in [0.29, 0.717) is 18.2 Å². The van der Waals surface area contributed by atoms with Gasteiger partial charge >= 0.3 is 0 Å². The minimum absolute atomic E-state index is 0.00333. The van der Waals surface area contributed by atoms with Crippen LogP contribution in [0.3, 0.4) is 0 Å². The third kappa shape index (κ3) is 1.92. The maximum atomic E-state index is 11.4. The number of nitrogens with zero attached hydrogens (tertiary/aromatic N) is 3. The van der Waals surface area contributed by atoms with Crippen LogP contribution in [0.4, 0.5) is 11.6 Å². The molecule has 1 aromatic heterocycles. The summed E-state index contributed by atoms with van der Waals surface area (Å²) in [6, 6.07) is 0. The number of carbonyl (C=O) groups is 1. The van der Waals surface area contributed by atoms with Crippen LogP contribution in [0, 0.1) is 5.92 Å². The number of rotatable bonds is 2. The Balaban J connectivity index is 1.82. The highest BCUT2D eigenvalue weighted by Gasteiger charge is 2.27. The number of hydrogen-bond acceptors (Lipinski definition) is 5. The number of amides is 1. The van der Waals surface area contributed by atoms with Crippen molar-refractivity contribution in [2.24, 2.45) is 11.7 Å². The van der Waals surface area contributed by atoms with Gasteiger partial charge in [-0.05, 0) is 25.3 Å². The van der Waals surface area contributed by atoms with Crippen LogP contribution < -0.4 is 16.0 Å². The Morgan fingerprint density at radius 1 is 1.39 bits per heavy atom. The van der Waals surface area contributed by atoms with Gasteiger partial charge in [0.1, 0.15) is 18.0 Å². The molecule has 1 amide bonds. The molecule has 96 valence electrons. The van der Waals surface area contributed by atoms with Crippen molar-refractivity contribution >= 4 is 17.5 Å². The van der Waals surface area contributed by atoms with Crippen LogP contribution in [-0.2, 0) is 11.2 Å². The molecule has 0 saturated carbocycles. The molecule has 1 saturated heterocycles. The Bertz CT molecular complexity index is 468. The second kappa shape index (κ2) is 4.53. The summed E-state index contributed by atoms with van der Waals surface area (Å²) in [5.74, 6) is 2.21. The Morgan fingerprint density at radius 2 is 2.17 bits per heavy atom. The fourth-order valence-electron chi connectivity index (χ4n) is 2.66. The lowest BCUT2D eigenvalue weighted by molar-refractivity contribution is -0.115. The van der Waals surface area contributed by atoms with Gasteiger partial charge in [0.05, 0.1) is 6.42 Å². The number of hydrogen-bond donors (Lipinski definition) is 2. The topological polar surface area (TPSA) is 84.1 Å². The van der Waals surface area contributed by atoms with Gasteiger partial charge in [-0.15, -0.1) is 0 Å². The molecule has 3 heterocycles. The van der Waals surface area contributed by atoms with E-state index in [9.17, 15) is 4.79 Å². The molecular weight excluding hydrogens is 230 g/mol. The number of piperidine rings is 1. The third-order valence-corrected chi connectivity index (χ3v) is 3.77. The van der Waals surface area contributed by atoms with Gasteiger partial charge < -0.3 is 16.0 Å². The zero-order valence-electron chi connectivity index (χ0n) is 10.2. The molecule has 2 aliphatic heterocycles. The standard InChI is InChI=1S/C12H17N5O/c13-6-8-1-3-17(4-2-8)12-9-5-10(18)16-11(9)14-7-15-12/h7-8H,1-6,13H2,(H,14,15,16,18). The van der Waals surface area contributed by atoms with Crippen LogP contribution >= 0.6 is 0 Å². The molecule has 1 fully saturated rings. The Hall–Kier alpha value is -1.69. The highest BCUT2D eigenvalue weighted by molar-refractivity contribution is 5.99. The Kier molecular flexibility index (Phi) is 2.87. The molecule has 1 aromatic rings. The summed E-state index contributed by atoms with van der Waals surface area (Å²) in [6.45, 7) is 2.68. The first-order chi connectivity index (χ1) is 8.78. The van der Waals surface area contributed by atoms with Crippen molar-refractivity contribution < 1.29 is 4.79 Å². The SMILES string of the molecule is NCC1CCN(c2ncnc3c2CC(=O)N3)CC1. The molecule has 2 aliphatic rings. The number of fused-ring (bicyclic) bond motifs is 1. The molecule has 3 N–H and O–H groups in total. The average Bonchev–Trinajstić information content (AvgIpc) is 2.79. The molecule has 0 spiro atoms. The molecule has 0 aromatic carbocycles. The van der Waals surface area contributed by atoms with Crippen molar-refractivity contribution in [3.63, 3.8) is 0 Å². The number of nitrogens with two attached hydrogens (primary N) is 1. The van der Waals surface area contributed by atoms with E-state index >= 15 is 0 Å². The molecule has 6 nitrogen and oxygen atoms in total. The van der Waals surface area contributed by atoms with E-state index in [-0.39, 0.29) is 5.91 Å². The lowest BCUT2D eigenvalue weighted by Gasteiger charge is -2.32. The summed E-state index contributed by atoms with van der Waals surface area (Å²) in [5, 5.41) is 2.76. The van der Waals surface area contributed by atoms with Crippen molar-refractivity contribution in [1.82, 2.24) is 9.97 Å². The maximum Gasteiger partial charge on any atom is 0.230 e. The molecule has 6 heteroatoms. The minimum Gasteiger partial charge on any atom is -0.356 e. The highest BCUT2D eigenvalue weighted by Crippen LogP contribution is 2.30. The van der Waals surface area contributed by atoms with E-state index < -0.39 is 0 Å². The molecule has 18 heavy (non-hydrogen) atoms. The fourth-order valence-corrected chi connectivity index (χ4v) is 2.66. The number of anilines is 2. The van der Waals surface area contributed by atoms with Gasteiger partial charge in [-0.3, -0.25) is 4.79 Å². The number of carbonyl (C=O) groups excluding carboxylic acids is 1. The zero-order valence-corrected chi connectivity index (χ0v) is 10.2. The predicted molar refractivity (Wildman–Crippen MR) is 68.4 cm³/mol.